The number of benzene rings is 1. The Morgan fingerprint density at radius 2 is 2.08 bits per heavy atom. The highest BCUT2D eigenvalue weighted by molar-refractivity contribution is 9.09. The van der Waals surface area contributed by atoms with Gasteiger partial charge in [0.25, 0.3) is 0 Å². The third-order valence-corrected chi connectivity index (χ3v) is 3.00. The van der Waals surface area contributed by atoms with Crippen molar-refractivity contribution in [1.29, 1.82) is 0 Å². The quantitative estimate of drug-likeness (QED) is 0.620. The van der Waals surface area contributed by atoms with Crippen LogP contribution in [0.3, 0.4) is 0 Å². The number of amides is 1. The molecule has 1 atom stereocenters. The molecule has 0 aliphatic carbocycles. The van der Waals surface area contributed by atoms with Crippen molar-refractivity contribution in [3.8, 4) is 0 Å². The smallest absolute Gasteiger partial charge is 0.245 e. The van der Waals surface area contributed by atoms with Gasteiger partial charge in [-0.05, 0) is 11.6 Å². The zero-order chi connectivity index (χ0) is 8.72. The number of para-hydroxylation sites is 1. The molecule has 0 saturated heterocycles. The Morgan fingerprint density at radius 1 is 1.42 bits per heavy atom. The van der Waals surface area contributed by atoms with E-state index in [1.165, 1.54) is 0 Å². The molecule has 1 aromatic carbocycles. The predicted octanol–water partition coefficient (Wildman–Crippen LogP) is 2.10. The Hall–Kier alpha value is -0.830. The van der Waals surface area contributed by atoms with Crippen molar-refractivity contribution in [3.63, 3.8) is 0 Å². The first-order valence-corrected chi connectivity index (χ1v) is 4.64. The molecule has 1 aromatic rings. The van der Waals surface area contributed by atoms with E-state index >= 15 is 0 Å². The van der Waals surface area contributed by atoms with Gasteiger partial charge in [0.05, 0.1) is 0 Å². The topological polar surface area (TPSA) is 20.3 Å². The second-order valence-corrected chi connectivity index (χ2v) is 3.73. The molecule has 1 amide bonds. The van der Waals surface area contributed by atoms with Gasteiger partial charge in [0.2, 0.25) is 5.91 Å². The zero-order valence-corrected chi connectivity index (χ0v) is 8.21. The summed E-state index contributed by atoms with van der Waals surface area (Å²) in [5.41, 5.74) is 2.06. The molecule has 2 rings (SSSR count). The molecule has 0 aromatic heterocycles. The Bertz CT molecular complexity index is 306. The lowest BCUT2D eigenvalue weighted by Gasteiger charge is -2.08. The summed E-state index contributed by atoms with van der Waals surface area (Å²) in [6, 6.07) is 7.80. The molecule has 62 valence electrons. The van der Waals surface area contributed by atoms with Gasteiger partial charge in [0, 0.05) is 12.7 Å². The number of fused-ring (bicyclic) bond motifs is 1. The minimum absolute atomic E-state index is 0.108. The number of hydrogen-bond donors (Lipinski definition) is 0. The van der Waals surface area contributed by atoms with Crippen LogP contribution < -0.4 is 4.90 Å². The molecular weight excluding hydrogens is 218 g/mol. The summed E-state index contributed by atoms with van der Waals surface area (Å²) < 4.78 is 0. The number of anilines is 1. The molecule has 1 aliphatic rings. The van der Waals surface area contributed by atoms with E-state index in [1.54, 1.807) is 11.9 Å². The maximum Gasteiger partial charge on any atom is 0.245 e. The number of nitrogens with zero attached hydrogens (tertiary/aromatic N) is 1. The number of rotatable bonds is 0. The SMILES string of the molecule is CN1C(=O)C(Br)c2ccccc21. The van der Waals surface area contributed by atoms with Crippen molar-refractivity contribution in [1.82, 2.24) is 0 Å². The monoisotopic (exact) mass is 225 g/mol. The lowest BCUT2D eigenvalue weighted by Crippen LogP contribution is -2.21. The lowest BCUT2D eigenvalue weighted by atomic mass is 10.2. The number of halogens is 1. The van der Waals surface area contributed by atoms with E-state index < -0.39 is 0 Å². The van der Waals surface area contributed by atoms with E-state index in [2.05, 4.69) is 15.9 Å². The van der Waals surface area contributed by atoms with Crippen LogP contribution in [0.25, 0.3) is 0 Å². The van der Waals surface area contributed by atoms with Crippen LogP contribution in [0.5, 0.6) is 0 Å². The van der Waals surface area contributed by atoms with Crippen molar-refractivity contribution in [2.24, 2.45) is 0 Å². The van der Waals surface area contributed by atoms with Crippen LogP contribution in [0.2, 0.25) is 0 Å². The van der Waals surface area contributed by atoms with E-state index in [9.17, 15) is 4.79 Å². The summed E-state index contributed by atoms with van der Waals surface area (Å²) in [5.74, 6) is 0.108. The first kappa shape index (κ1) is 7.80. The van der Waals surface area contributed by atoms with Crippen molar-refractivity contribution < 1.29 is 4.79 Å². The minimum atomic E-state index is -0.154. The molecular formula is C9H8BrNO. The largest absolute Gasteiger partial charge is 0.314 e. The Balaban J connectivity index is 2.59. The van der Waals surface area contributed by atoms with E-state index in [0.717, 1.165) is 11.3 Å². The van der Waals surface area contributed by atoms with E-state index in [4.69, 9.17) is 0 Å². The highest BCUT2D eigenvalue weighted by atomic mass is 79.9. The van der Waals surface area contributed by atoms with Gasteiger partial charge in [-0.1, -0.05) is 34.1 Å². The molecule has 0 radical (unpaired) electrons. The third kappa shape index (κ3) is 0.894. The number of alkyl halides is 1. The molecule has 0 spiro atoms. The fourth-order valence-corrected chi connectivity index (χ4v) is 2.12. The van der Waals surface area contributed by atoms with E-state index in [1.807, 2.05) is 24.3 Å². The number of carbonyl (C=O) groups excluding carboxylic acids is 1. The van der Waals surface area contributed by atoms with Gasteiger partial charge in [-0.2, -0.15) is 0 Å². The summed E-state index contributed by atoms with van der Waals surface area (Å²) in [5, 5.41) is 0. The molecule has 0 fully saturated rings. The van der Waals surface area contributed by atoms with Crippen molar-refractivity contribution in [2.75, 3.05) is 11.9 Å². The Morgan fingerprint density at radius 3 is 2.75 bits per heavy atom. The fraction of sp³-hybridized carbons (Fsp3) is 0.222. The van der Waals surface area contributed by atoms with Crippen LogP contribution in [0.4, 0.5) is 5.69 Å². The van der Waals surface area contributed by atoms with Crippen LogP contribution in [0.15, 0.2) is 24.3 Å². The van der Waals surface area contributed by atoms with Crippen LogP contribution in [-0.2, 0) is 4.79 Å². The molecule has 0 saturated carbocycles. The maximum absolute atomic E-state index is 11.4. The Kier molecular flexibility index (Phi) is 1.68. The van der Waals surface area contributed by atoms with E-state index in [0.29, 0.717) is 0 Å². The van der Waals surface area contributed by atoms with Gasteiger partial charge in [-0.15, -0.1) is 0 Å². The van der Waals surface area contributed by atoms with Crippen LogP contribution >= 0.6 is 15.9 Å². The molecule has 2 nitrogen and oxygen atoms in total. The average molecular weight is 226 g/mol. The summed E-state index contributed by atoms with van der Waals surface area (Å²) in [6.45, 7) is 0. The van der Waals surface area contributed by atoms with Crippen LogP contribution in [0, 0.1) is 0 Å². The number of hydrogen-bond acceptors (Lipinski definition) is 1. The second-order valence-electron chi connectivity index (χ2n) is 2.82. The predicted molar refractivity (Wildman–Crippen MR) is 51.5 cm³/mol. The maximum atomic E-state index is 11.4. The lowest BCUT2D eigenvalue weighted by molar-refractivity contribution is -0.117. The second kappa shape index (κ2) is 2.59. The molecule has 1 heterocycles. The van der Waals surface area contributed by atoms with Crippen molar-refractivity contribution in [3.05, 3.63) is 29.8 Å². The van der Waals surface area contributed by atoms with Gasteiger partial charge in [0.15, 0.2) is 0 Å². The van der Waals surface area contributed by atoms with Crippen LogP contribution in [-0.4, -0.2) is 13.0 Å². The average Bonchev–Trinajstić information content (AvgIpc) is 2.33. The van der Waals surface area contributed by atoms with Gasteiger partial charge in [-0.25, -0.2) is 0 Å². The fourth-order valence-electron chi connectivity index (χ4n) is 1.43. The van der Waals surface area contributed by atoms with Gasteiger partial charge in [0.1, 0.15) is 4.83 Å². The van der Waals surface area contributed by atoms with Crippen LogP contribution in [0.1, 0.15) is 10.4 Å². The highest BCUT2D eigenvalue weighted by Crippen LogP contribution is 2.39. The van der Waals surface area contributed by atoms with Gasteiger partial charge in [-0.3, -0.25) is 4.79 Å². The molecule has 12 heavy (non-hydrogen) atoms. The van der Waals surface area contributed by atoms with E-state index in [-0.39, 0.29) is 10.7 Å². The third-order valence-electron chi connectivity index (χ3n) is 2.12. The summed E-state index contributed by atoms with van der Waals surface area (Å²) >= 11 is 3.35. The molecule has 1 aliphatic heterocycles. The summed E-state index contributed by atoms with van der Waals surface area (Å²) in [4.78, 5) is 13.0. The minimum Gasteiger partial charge on any atom is -0.314 e. The molecule has 1 unspecified atom stereocenters. The first-order chi connectivity index (χ1) is 5.72. The highest BCUT2D eigenvalue weighted by Gasteiger charge is 2.32. The number of carbonyl (C=O) groups is 1. The van der Waals surface area contributed by atoms with Gasteiger partial charge < -0.3 is 4.90 Å². The molecule has 0 N–H and O–H groups in total. The van der Waals surface area contributed by atoms with Crippen molar-refractivity contribution >= 4 is 27.5 Å². The molecule has 3 heteroatoms. The number of likely N-dealkylation sites (N-methyl/N-ethyl adjacent to an activating group) is 1. The van der Waals surface area contributed by atoms with Crippen molar-refractivity contribution in [2.45, 2.75) is 4.83 Å². The summed E-state index contributed by atoms with van der Waals surface area (Å²) in [7, 11) is 1.79. The normalized spacial score (nSPS) is 21.3. The first-order valence-electron chi connectivity index (χ1n) is 3.72. The zero-order valence-electron chi connectivity index (χ0n) is 6.62. The summed E-state index contributed by atoms with van der Waals surface area (Å²) in [6.07, 6.45) is 0. The van der Waals surface area contributed by atoms with Gasteiger partial charge >= 0.3 is 0 Å². The molecule has 0 bridgehead atoms. The standard InChI is InChI=1S/C9H8BrNO/c1-11-7-5-3-2-4-6(7)8(10)9(11)12/h2-5,8H,1H3. The Labute approximate surface area is 79.3 Å².